The molecule has 17 heavy (non-hydrogen) atoms. The lowest BCUT2D eigenvalue weighted by atomic mass is 9.85. The van der Waals surface area contributed by atoms with Gasteiger partial charge in [-0.1, -0.05) is 39.8 Å². The minimum Gasteiger partial charge on any atom is -0.339 e. The van der Waals surface area contributed by atoms with E-state index < -0.39 is 0 Å². The zero-order valence-corrected chi connectivity index (χ0v) is 11.4. The van der Waals surface area contributed by atoms with Crippen molar-refractivity contribution in [2.75, 3.05) is 0 Å². The maximum Gasteiger partial charge on any atom is 0.228 e. The molecule has 1 aliphatic carbocycles. The van der Waals surface area contributed by atoms with E-state index in [2.05, 4.69) is 44.8 Å². The summed E-state index contributed by atoms with van der Waals surface area (Å²) in [6.45, 7) is 10.8. The Kier molecular flexibility index (Phi) is 2.81. The summed E-state index contributed by atoms with van der Waals surface area (Å²) in [5.74, 6) is 1.99. The van der Waals surface area contributed by atoms with E-state index in [0.29, 0.717) is 23.6 Å². The number of hydrogen-bond donors (Lipinski definition) is 1. The summed E-state index contributed by atoms with van der Waals surface area (Å²) >= 11 is 0. The summed E-state index contributed by atoms with van der Waals surface area (Å²) in [5.41, 5.74) is 6.51. The van der Waals surface area contributed by atoms with E-state index in [9.17, 15) is 0 Å². The van der Waals surface area contributed by atoms with Crippen LogP contribution in [0.3, 0.4) is 0 Å². The quantitative estimate of drug-likeness (QED) is 0.877. The van der Waals surface area contributed by atoms with Crippen LogP contribution in [0.25, 0.3) is 0 Å². The van der Waals surface area contributed by atoms with E-state index in [-0.39, 0.29) is 11.5 Å². The van der Waals surface area contributed by atoms with Crippen LogP contribution in [-0.4, -0.2) is 16.2 Å². The van der Waals surface area contributed by atoms with Crippen LogP contribution in [0.4, 0.5) is 0 Å². The molecule has 0 saturated heterocycles. The topological polar surface area (TPSA) is 64.9 Å². The summed E-state index contributed by atoms with van der Waals surface area (Å²) in [7, 11) is 0. The molecule has 0 radical (unpaired) electrons. The van der Waals surface area contributed by atoms with Crippen molar-refractivity contribution in [2.45, 2.75) is 59.4 Å². The van der Waals surface area contributed by atoms with E-state index in [1.54, 1.807) is 0 Å². The van der Waals surface area contributed by atoms with Gasteiger partial charge in [0.1, 0.15) is 0 Å². The Hall–Kier alpha value is -0.900. The zero-order valence-electron chi connectivity index (χ0n) is 11.4. The Morgan fingerprint density at radius 3 is 2.53 bits per heavy atom. The summed E-state index contributed by atoms with van der Waals surface area (Å²) in [6, 6.07) is 0.0445. The van der Waals surface area contributed by atoms with Gasteiger partial charge in [0.05, 0.1) is 0 Å². The lowest BCUT2D eigenvalue weighted by Crippen LogP contribution is -2.37. The Bertz CT molecular complexity index is 403. The predicted molar refractivity (Wildman–Crippen MR) is 66.6 cm³/mol. The molecular weight excluding hydrogens is 214 g/mol. The third kappa shape index (κ3) is 2.68. The summed E-state index contributed by atoms with van der Waals surface area (Å²) < 4.78 is 5.28. The molecule has 1 aromatic rings. The third-order valence-corrected chi connectivity index (χ3v) is 3.82. The first-order valence-corrected chi connectivity index (χ1v) is 6.28. The van der Waals surface area contributed by atoms with Crippen molar-refractivity contribution in [2.24, 2.45) is 16.6 Å². The van der Waals surface area contributed by atoms with Gasteiger partial charge >= 0.3 is 0 Å². The van der Waals surface area contributed by atoms with Crippen molar-refractivity contribution in [3.63, 3.8) is 0 Å². The van der Waals surface area contributed by atoms with Gasteiger partial charge in [-0.05, 0) is 17.3 Å². The molecule has 1 heterocycles. The fourth-order valence-corrected chi connectivity index (χ4v) is 1.89. The van der Waals surface area contributed by atoms with Gasteiger partial charge in [0.25, 0.3) is 0 Å². The van der Waals surface area contributed by atoms with Gasteiger partial charge in [-0.15, -0.1) is 0 Å². The molecule has 96 valence electrons. The lowest BCUT2D eigenvalue weighted by Gasteiger charge is -2.25. The molecule has 1 aliphatic rings. The van der Waals surface area contributed by atoms with Crippen LogP contribution >= 0.6 is 0 Å². The van der Waals surface area contributed by atoms with Crippen molar-refractivity contribution < 1.29 is 4.52 Å². The first-order valence-electron chi connectivity index (χ1n) is 6.28. The highest BCUT2D eigenvalue weighted by molar-refractivity contribution is 5.14. The van der Waals surface area contributed by atoms with Gasteiger partial charge in [0.2, 0.25) is 5.89 Å². The number of nitrogens with zero attached hydrogens (tertiary/aromatic N) is 2. The molecule has 2 unspecified atom stereocenters. The molecule has 0 spiro atoms. The number of hydrogen-bond acceptors (Lipinski definition) is 4. The molecule has 0 aromatic carbocycles. The number of rotatable bonds is 3. The normalized spacial score (nSPS) is 24.7. The monoisotopic (exact) mass is 237 g/mol. The molecule has 4 heteroatoms. The maximum absolute atomic E-state index is 6.11. The Labute approximate surface area is 103 Å². The van der Waals surface area contributed by atoms with Crippen LogP contribution < -0.4 is 5.73 Å². The Morgan fingerprint density at radius 2 is 2.06 bits per heavy atom. The molecular formula is C13H23N3O. The van der Waals surface area contributed by atoms with Crippen molar-refractivity contribution in [3.8, 4) is 0 Å². The SMILES string of the molecule is CC(C)(C)C(N)Cc1nc(C2CC2(C)C)no1. The molecule has 2 atom stereocenters. The standard InChI is InChI=1S/C13H23N3O/c1-12(2,3)9(14)6-10-15-11(16-17-10)8-7-13(8,4)5/h8-9H,6-7,14H2,1-5H3. The van der Waals surface area contributed by atoms with E-state index in [1.807, 2.05) is 0 Å². The number of nitrogens with two attached hydrogens (primary N) is 1. The van der Waals surface area contributed by atoms with Gasteiger partial charge in [0.15, 0.2) is 5.82 Å². The molecule has 0 aliphatic heterocycles. The second-order valence-electron chi connectivity index (χ2n) is 6.97. The fraction of sp³-hybridized carbons (Fsp3) is 0.846. The molecule has 4 nitrogen and oxygen atoms in total. The predicted octanol–water partition coefficient (Wildman–Crippen LogP) is 2.50. The van der Waals surface area contributed by atoms with Crippen LogP contribution in [0.15, 0.2) is 4.52 Å². The Morgan fingerprint density at radius 1 is 1.47 bits per heavy atom. The minimum absolute atomic E-state index is 0.0445. The molecule has 1 aromatic heterocycles. The van der Waals surface area contributed by atoms with E-state index in [0.717, 1.165) is 12.2 Å². The van der Waals surface area contributed by atoms with Gasteiger partial charge in [-0.25, -0.2) is 0 Å². The van der Waals surface area contributed by atoms with Crippen molar-refractivity contribution in [1.29, 1.82) is 0 Å². The average molecular weight is 237 g/mol. The largest absolute Gasteiger partial charge is 0.339 e. The molecule has 2 N–H and O–H groups in total. The highest BCUT2D eigenvalue weighted by Gasteiger charge is 2.49. The molecule has 0 bridgehead atoms. The maximum atomic E-state index is 6.11. The first-order chi connectivity index (χ1) is 7.70. The van der Waals surface area contributed by atoms with E-state index in [1.165, 1.54) is 0 Å². The molecule has 1 saturated carbocycles. The van der Waals surface area contributed by atoms with Crippen LogP contribution in [0, 0.1) is 10.8 Å². The highest BCUT2D eigenvalue weighted by atomic mass is 16.5. The van der Waals surface area contributed by atoms with Crippen molar-refractivity contribution in [3.05, 3.63) is 11.7 Å². The van der Waals surface area contributed by atoms with Crippen molar-refractivity contribution >= 4 is 0 Å². The van der Waals surface area contributed by atoms with Gasteiger partial charge in [-0.3, -0.25) is 0 Å². The molecule has 0 amide bonds. The Balaban J connectivity index is 2.00. The van der Waals surface area contributed by atoms with Gasteiger partial charge in [0, 0.05) is 18.4 Å². The van der Waals surface area contributed by atoms with Crippen LogP contribution in [0.1, 0.15) is 58.7 Å². The summed E-state index contributed by atoms with van der Waals surface area (Å²) in [6.07, 6.45) is 1.81. The van der Waals surface area contributed by atoms with Crippen LogP contribution in [0.2, 0.25) is 0 Å². The average Bonchev–Trinajstić information content (AvgIpc) is 2.60. The van der Waals surface area contributed by atoms with Gasteiger partial charge < -0.3 is 10.3 Å². The smallest absolute Gasteiger partial charge is 0.228 e. The van der Waals surface area contributed by atoms with Gasteiger partial charge in [-0.2, -0.15) is 4.98 Å². The molecule has 2 rings (SSSR count). The highest BCUT2D eigenvalue weighted by Crippen LogP contribution is 2.57. The van der Waals surface area contributed by atoms with Crippen molar-refractivity contribution in [1.82, 2.24) is 10.1 Å². The van der Waals surface area contributed by atoms with E-state index in [4.69, 9.17) is 10.3 Å². The zero-order chi connectivity index (χ0) is 12.8. The number of aromatic nitrogens is 2. The second kappa shape index (κ2) is 3.80. The first kappa shape index (κ1) is 12.6. The van der Waals surface area contributed by atoms with Crippen LogP contribution in [0.5, 0.6) is 0 Å². The third-order valence-electron chi connectivity index (χ3n) is 3.82. The minimum atomic E-state index is 0.0445. The second-order valence-corrected chi connectivity index (χ2v) is 6.97. The lowest BCUT2D eigenvalue weighted by molar-refractivity contribution is 0.285. The van der Waals surface area contributed by atoms with E-state index >= 15 is 0 Å². The summed E-state index contributed by atoms with van der Waals surface area (Å²) in [5, 5.41) is 4.07. The molecule has 1 fully saturated rings. The van der Waals surface area contributed by atoms with Crippen LogP contribution in [-0.2, 0) is 6.42 Å². The summed E-state index contributed by atoms with van der Waals surface area (Å²) in [4.78, 5) is 4.46. The fourth-order valence-electron chi connectivity index (χ4n) is 1.89.